The predicted octanol–water partition coefficient (Wildman–Crippen LogP) is 9.00. The average molecular weight is 491 g/mol. The van der Waals surface area contributed by atoms with Crippen LogP contribution < -0.4 is 4.74 Å². The van der Waals surface area contributed by atoms with E-state index >= 15 is 0 Å². The highest BCUT2D eigenvalue weighted by Gasteiger charge is 2.33. The Morgan fingerprint density at radius 1 is 0.447 bits per heavy atom. The SMILES string of the molecule is Oc1ccc2c3c(ccc2c1)Oc1ccc2cc(O)ccc2c1C3c1cc2ccccc2c2ccccc12. The first-order valence-electron chi connectivity index (χ1n) is 12.8. The molecule has 0 saturated heterocycles. The number of phenolic OH excluding ortho intramolecular Hbond substituents is 2. The molecule has 0 atom stereocenters. The first-order chi connectivity index (χ1) is 18.7. The summed E-state index contributed by atoms with van der Waals surface area (Å²) < 4.78 is 6.58. The van der Waals surface area contributed by atoms with Gasteiger partial charge in [-0.05, 0) is 91.1 Å². The van der Waals surface area contributed by atoms with Crippen molar-refractivity contribution in [3.8, 4) is 23.0 Å². The third-order valence-electron chi connectivity index (χ3n) is 7.92. The summed E-state index contributed by atoms with van der Waals surface area (Å²) in [5, 5.41) is 29.3. The van der Waals surface area contributed by atoms with Gasteiger partial charge in [-0.25, -0.2) is 0 Å². The Bertz CT molecular complexity index is 2000. The van der Waals surface area contributed by atoms with Crippen LogP contribution in [0.15, 0.2) is 115 Å². The number of aromatic hydroxyl groups is 2. The van der Waals surface area contributed by atoms with Gasteiger partial charge in [-0.2, -0.15) is 0 Å². The van der Waals surface area contributed by atoms with Crippen LogP contribution >= 0.6 is 0 Å². The fourth-order valence-corrected chi connectivity index (χ4v) is 6.31. The van der Waals surface area contributed by atoms with Crippen LogP contribution in [-0.4, -0.2) is 10.2 Å². The van der Waals surface area contributed by atoms with Crippen molar-refractivity contribution in [3.05, 3.63) is 132 Å². The van der Waals surface area contributed by atoms with Crippen molar-refractivity contribution in [1.29, 1.82) is 0 Å². The van der Waals surface area contributed by atoms with Gasteiger partial charge < -0.3 is 14.9 Å². The van der Waals surface area contributed by atoms with Crippen molar-refractivity contribution in [1.82, 2.24) is 0 Å². The molecule has 2 N–H and O–H groups in total. The number of benzene rings is 7. The van der Waals surface area contributed by atoms with Crippen molar-refractivity contribution in [2.45, 2.75) is 5.92 Å². The Morgan fingerprint density at radius 2 is 0.974 bits per heavy atom. The zero-order chi connectivity index (χ0) is 25.4. The molecule has 0 unspecified atom stereocenters. The molecule has 0 fully saturated rings. The van der Waals surface area contributed by atoms with E-state index in [0.717, 1.165) is 44.2 Å². The highest BCUT2D eigenvalue weighted by Crippen LogP contribution is 2.54. The zero-order valence-corrected chi connectivity index (χ0v) is 20.3. The smallest absolute Gasteiger partial charge is 0.132 e. The summed E-state index contributed by atoms with van der Waals surface area (Å²) in [6.45, 7) is 0. The first kappa shape index (κ1) is 21.1. The molecule has 1 aliphatic rings. The fraction of sp³-hybridized carbons (Fsp3) is 0.0286. The number of fused-ring (bicyclic) bond motifs is 9. The maximum absolute atomic E-state index is 10.2. The van der Waals surface area contributed by atoms with Crippen LogP contribution in [0, 0.1) is 0 Å². The Balaban J connectivity index is 1.57. The highest BCUT2D eigenvalue weighted by molar-refractivity contribution is 6.10. The van der Waals surface area contributed by atoms with Gasteiger partial charge in [0.25, 0.3) is 0 Å². The molecule has 1 aliphatic heterocycles. The maximum atomic E-state index is 10.2. The molecule has 0 saturated carbocycles. The molecule has 0 spiro atoms. The minimum atomic E-state index is -0.134. The van der Waals surface area contributed by atoms with Gasteiger partial charge in [0.2, 0.25) is 0 Å². The summed E-state index contributed by atoms with van der Waals surface area (Å²) in [5.41, 5.74) is 3.36. The second-order valence-electron chi connectivity index (χ2n) is 10.0. The molecule has 1 heterocycles. The molecule has 7 aromatic carbocycles. The minimum absolute atomic E-state index is 0.134. The minimum Gasteiger partial charge on any atom is -0.508 e. The lowest BCUT2D eigenvalue weighted by molar-refractivity contribution is 0.456. The first-order valence-corrected chi connectivity index (χ1v) is 12.8. The number of phenols is 2. The quantitative estimate of drug-likeness (QED) is 0.226. The van der Waals surface area contributed by atoms with Crippen LogP contribution in [0.1, 0.15) is 22.6 Å². The van der Waals surface area contributed by atoms with E-state index in [9.17, 15) is 10.2 Å². The van der Waals surface area contributed by atoms with E-state index < -0.39 is 0 Å². The van der Waals surface area contributed by atoms with E-state index in [2.05, 4.69) is 54.6 Å². The molecule has 0 aliphatic carbocycles. The standard InChI is InChI=1S/C35H22O3/c36-23-11-13-26-21(17-23)9-15-31-33(26)35(34-27-14-12-24(37)18-22(27)10-16-32(34)38-31)30-19-20-5-1-2-6-25(20)28-7-3-4-8-29(28)30/h1-19,35-37H. The molecule has 3 heteroatoms. The van der Waals surface area contributed by atoms with Crippen molar-refractivity contribution in [3.63, 3.8) is 0 Å². The Kier molecular flexibility index (Phi) is 4.30. The molecule has 0 amide bonds. The van der Waals surface area contributed by atoms with E-state index in [4.69, 9.17) is 4.74 Å². The van der Waals surface area contributed by atoms with Gasteiger partial charge in [0.15, 0.2) is 0 Å². The third kappa shape index (κ3) is 2.96. The maximum Gasteiger partial charge on any atom is 0.132 e. The summed E-state index contributed by atoms with van der Waals surface area (Å²) in [7, 11) is 0. The lowest BCUT2D eigenvalue weighted by Crippen LogP contribution is -2.13. The van der Waals surface area contributed by atoms with Crippen LogP contribution in [0.5, 0.6) is 23.0 Å². The van der Waals surface area contributed by atoms with Crippen LogP contribution in [0.2, 0.25) is 0 Å². The number of ether oxygens (including phenoxy) is 1. The van der Waals surface area contributed by atoms with Gasteiger partial charge in [0, 0.05) is 17.0 Å². The molecule has 8 rings (SSSR count). The van der Waals surface area contributed by atoms with Crippen molar-refractivity contribution in [2.75, 3.05) is 0 Å². The summed E-state index contributed by atoms with van der Waals surface area (Å²) in [5.74, 6) is 1.98. The van der Waals surface area contributed by atoms with Crippen LogP contribution in [0.3, 0.4) is 0 Å². The lowest BCUT2D eigenvalue weighted by Gasteiger charge is -2.32. The molecule has 0 bridgehead atoms. The second-order valence-corrected chi connectivity index (χ2v) is 10.0. The molecular formula is C35H22O3. The summed E-state index contributed by atoms with van der Waals surface area (Å²) in [4.78, 5) is 0. The van der Waals surface area contributed by atoms with Crippen LogP contribution in [-0.2, 0) is 0 Å². The molecule has 7 aromatic rings. The number of rotatable bonds is 1. The Morgan fingerprint density at radius 3 is 1.61 bits per heavy atom. The van der Waals surface area contributed by atoms with Crippen LogP contribution in [0.25, 0.3) is 43.1 Å². The molecule has 180 valence electrons. The van der Waals surface area contributed by atoms with E-state index in [1.807, 2.05) is 48.5 Å². The topological polar surface area (TPSA) is 49.7 Å². The second kappa shape index (κ2) is 7.74. The molecule has 0 aromatic heterocycles. The fourth-order valence-electron chi connectivity index (χ4n) is 6.31. The number of hydrogen-bond donors (Lipinski definition) is 2. The van der Waals surface area contributed by atoms with E-state index in [1.165, 1.54) is 27.1 Å². The third-order valence-corrected chi connectivity index (χ3v) is 7.92. The number of hydrogen-bond acceptors (Lipinski definition) is 3. The normalized spacial score (nSPS) is 13.1. The van der Waals surface area contributed by atoms with Crippen LogP contribution in [0.4, 0.5) is 0 Å². The van der Waals surface area contributed by atoms with Gasteiger partial charge in [0.05, 0.1) is 0 Å². The van der Waals surface area contributed by atoms with Gasteiger partial charge >= 0.3 is 0 Å². The molecular weight excluding hydrogens is 468 g/mol. The predicted molar refractivity (Wildman–Crippen MR) is 154 cm³/mol. The van der Waals surface area contributed by atoms with Gasteiger partial charge in [-0.3, -0.25) is 0 Å². The van der Waals surface area contributed by atoms with Gasteiger partial charge in [0.1, 0.15) is 23.0 Å². The molecule has 3 nitrogen and oxygen atoms in total. The Hall–Kier alpha value is -5.02. The van der Waals surface area contributed by atoms with Crippen molar-refractivity contribution in [2.24, 2.45) is 0 Å². The van der Waals surface area contributed by atoms with Crippen molar-refractivity contribution >= 4 is 43.1 Å². The molecule has 38 heavy (non-hydrogen) atoms. The zero-order valence-electron chi connectivity index (χ0n) is 20.3. The lowest BCUT2D eigenvalue weighted by atomic mass is 9.76. The summed E-state index contributed by atoms with van der Waals surface area (Å²) in [6, 6.07) is 38.6. The average Bonchev–Trinajstić information content (AvgIpc) is 2.95. The van der Waals surface area contributed by atoms with E-state index in [1.54, 1.807) is 12.1 Å². The van der Waals surface area contributed by atoms with Gasteiger partial charge in [-0.1, -0.05) is 72.8 Å². The largest absolute Gasteiger partial charge is 0.508 e. The monoisotopic (exact) mass is 490 g/mol. The van der Waals surface area contributed by atoms with E-state index in [-0.39, 0.29) is 17.4 Å². The highest BCUT2D eigenvalue weighted by atomic mass is 16.5. The summed E-state index contributed by atoms with van der Waals surface area (Å²) in [6.07, 6.45) is 0. The summed E-state index contributed by atoms with van der Waals surface area (Å²) >= 11 is 0. The Labute approximate surface area is 218 Å². The van der Waals surface area contributed by atoms with Crippen molar-refractivity contribution < 1.29 is 14.9 Å². The molecule has 0 radical (unpaired) electrons. The van der Waals surface area contributed by atoms with E-state index in [0.29, 0.717) is 0 Å². The van der Waals surface area contributed by atoms with Gasteiger partial charge in [-0.15, -0.1) is 0 Å².